The Morgan fingerprint density at radius 1 is 1.22 bits per heavy atom. The van der Waals surface area contributed by atoms with Crippen LogP contribution in [-0.4, -0.2) is 17.4 Å². The highest BCUT2D eigenvalue weighted by atomic mass is 16.5. The lowest BCUT2D eigenvalue weighted by molar-refractivity contribution is 0.103. The van der Waals surface area contributed by atoms with Crippen LogP contribution in [0, 0.1) is 6.92 Å². The summed E-state index contributed by atoms with van der Waals surface area (Å²) in [5, 5.41) is 1.20. The molecule has 1 aromatic heterocycles. The van der Waals surface area contributed by atoms with Crippen molar-refractivity contribution in [2.45, 2.75) is 32.7 Å². The number of hydrogen-bond acceptors (Lipinski definition) is 4. The number of ether oxygens (including phenoxy) is 1. The minimum absolute atomic E-state index is 0.122. The lowest BCUT2D eigenvalue weighted by Crippen LogP contribution is -2.18. The third-order valence-corrected chi connectivity index (χ3v) is 5.22. The molecule has 1 aliphatic heterocycles. The molecule has 0 radical (unpaired) electrons. The van der Waals surface area contributed by atoms with Crippen molar-refractivity contribution in [1.82, 2.24) is 4.98 Å². The number of ketones is 1. The van der Waals surface area contributed by atoms with Gasteiger partial charge in [0.2, 0.25) is 0 Å². The quantitative estimate of drug-likeness (QED) is 0.699. The number of fused-ring (bicyclic) bond motifs is 2. The summed E-state index contributed by atoms with van der Waals surface area (Å²) in [5.41, 5.74) is 9.85. The Balaban J connectivity index is 1.94. The smallest absolute Gasteiger partial charge is 0.255 e. The number of H-pyrrole nitrogens is 1. The van der Waals surface area contributed by atoms with Gasteiger partial charge in [0, 0.05) is 28.6 Å². The number of benzene rings is 2. The molecule has 3 N–H and O–H groups in total. The van der Waals surface area contributed by atoms with Crippen LogP contribution in [0.5, 0.6) is 5.75 Å². The van der Waals surface area contributed by atoms with Crippen molar-refractivity contribution in [3.63, 3.8) is 0 Å². The number of carbonyl (C=O) groups excluding carboxylic acids is 1. The zero-order valence-corrected chi connectivity index (χ0v) is 15.5. The minimum Gasteiger partial charge on any atom is -0.493 e. The van der Waals surface area contributed by atoms with Crippen LogP contribution in [0.1, 0.15) is 52.0 Å². The van der Waals surface area contributed by atoms with Crippen LogP contribution in [0.3, 0.4) is 0 Å². The first kappa shape index (κ1) is 17.5. The predicted octanol–water partition coefficient (Wildman–Crippen LogP) is 3.41. The summed E-state index contributed by atoms with van der Waals surface area (Å²) in [6.45, 7) is 4.41. The fourth-order valence-corrected chi connectivity index (χ4v) is 3.92. The van der Waals surface area contributed by atoms with Gasteiger partial charge in [-0.2, -0.15) is 0 Å². The fourth-order valence-electron chi connectivity index (χ4n) is 3.92. The van der Waals surface area contributed by atoms with Gasteiger partial charge in [0.1, 0.15) is 5.75 Å². The van der Waals surface area contributed by atoms with E-state index in [-0.39, 0.29) is 17.4 Å². The number of aromatic nitrogens is 1. The van der Waals surface area contributed by atoms with Gasteiger partial charge in [-0.05, 0) is 55.5 Å². The van der Waals surface area contributed by atoms with Gasteiger partial charge in [-0.25, -0.2) is 0 Å². The number of hydrogen-bond donors (Lipinski definition) is 2. The van der Waals surface area contributed by atoms with Gasteiger partial charge in [-0.15, -0.1) is 0 Å². The summed E-state index contributed by atoms with van der Waals surface area (Å²) < 4.78 is 5.91. The number of aryl methyl sites for hydroxylation is 1. The average molecular weight is 362 g/mol. The lowest BCUT2D eigenvalue weighted by Gasteiger charge is -2.24. The van der Waals surface area contributed by atoms with E-state index < -0.39 is 0 Å². The summed E-state index contributed by atoms with van der Waals surface area (Å²) in [7, 11) is 0. The first-order chi connectivity index (χ1) is 13.0. The lowest BCUT2D eigenvalue weighted by atomic mass is 9.89. The van der Waals surface area contributed by atoms with E-state index >= 15 is 0 Å². The molecule has 0 unspecified atom stereocenters. The van der Waals surface area contributed by atoms with E-state index in [1.807, 2.05) is 19.9 Å². The highest BCUT2D eigenvalue weighted by molar-refractivity contribution is 6.18. The molecule has 138 valence electrons. The number of aromatic amines is 1. The molecule has 3 aromatic rings. The van der Waals surface area contributed by atoms with Crippen molar-refractivity contribution in [1.29, 1.82) is 0 Å². The Morgan fingerprint density at radius 2 is 2.04 bits per heavy atom. The van der Waals surface area contributed by atoms with Gasteiger partial charge < -0.3 is 15.5 Å². The molecule has 1 aliphatic rings. The first-order valence-corrected chi connectivity index (χ1v) is 9.19. The molecule has 2 aromatic carbocycles. The van der Waals surface area contributed by atoms with Crippen LogP contribution in [-0.2, 0) is 6.42 Å². The zero-order chi connectivity index (χ0) is 19.1. The van der Waals surface area contributed by atoms with Crippen LogP contribution in [0.4, 0.5) is 0 Å². The Morgan fingerprint density at radius 3 is 2.81 bits per heavy atom. The van der Waals surface area contributed by atoms with Crippen molar-refractivity contribution in [3.8, 4) is 5.75 Å². The molecule has 0 fully saturated rings. The first-order valence-electron chi connectivity index (χ1n) is 9.19. The summed E-state index contributed by atoms with van der Waals surface area (Å²) in [5.74, 6) is 0.504. The summed E-state index contributed by atoms with van der Waals surface area (Å²) >= 11 is 0. The van der Waals surface area contributed by atoms with Crippen molar-refractivity contribution in [2.24, 2.45) is 5.73 Å². The molecular weight excluding hydrogens is 340 g/mol. The van der Waals surface area contributed by atoms with Crippen LogP contribution in [0.2, 0.25) is 0 Å². The second-order valence-corrected chi connectivity index (χ2v) is 7.11. The minimum atomic E-state index is -0.198. The van der Waals surface area contributed by atoms with E-state index in [0.29, 0.717) is 34.3 Å². The standard InChI is InChI=1S/C22H22N2O3/c1-12-11-24-22(26)17-6-3-5-16(19(12)17)20(25)18-9-8-14(13(2)23)15-7-4-10-27-21(15)18/h3,5-6,8-9,11,13H,4,7,10,23H2,1-2H3,(H,24,26)/t13-/m1/s1. The third-order valence-electron chi connectivity index (χ3n) is 5.22. The number of nitrogens with one attached hydrogen (secondary N) is 1. The van der Waals surface area contributed by atoms with Gasteiger partial charge in [0.05, 0.1) is 12.2 Å². The fraction of sp³-hybridized carbons (Fsp3) is 0.273. The Kier molecular flexibility index (Phi) is 4.32. The largest absolute Gasteiger partial charge is 0.493 e. The van der Waals surface area contributed by atoms with Crippen LogP contribution < -0.4 is 16.0 Å². The van der Waals surface area contributed by atoms with Gasteiger partial charge in [-0.1, -0.05) is 18.2 Å². The van der Waals surface area contributed by atoms with Crippen molar-refractivity contribution < 1.29 is 9.53 Å². The van der Waals surface area contributed by atoms with Gasteiger partial charge in [0.15, 0.2) is 5.78 Å². The van der Waals surface area contributed by atoms with E-state index in [1.165, 1.54) is 0 Å². The third kappa shape index (κ3) is 2.84. The van der Waals surface area contributed by atoms with Crippen LogP contribution >= 0.6 is 0 Å². The SMILES string of the molecule is Cc1c[nH]c(=O)c2cccc(C(=O)c3ccc([C@@H](C)N)c4c3OCCC4)c12. The Hall–Kier alpha value is -2.92. The van der Waals surface area contributed by atoms with Gasteiger partial charge >= 0.3 is 0 Å². The summed E-state index contributed by atoms with van der Waals surface area (Å²) in [6, 6.07) is 8.86. The monoisotopic (exact) mass is 362 g/mol. The molecule has 5 heteroatoms. The number of rotatable bonds is 3. The maximum Gasteiger partial charge on any atom is 0.255 e. The molecule has 0 aliphatic carbocycles. The highest BCUT2D eigenvalue weighted by Crippen LogP contribution is 2.36. The van der Waals surface area contributed by atoms with E-state index in [4.69, 9.17) is 10.5 Å². The zero-order valence-electron chi connectivity index (χ0n) is 15.5. The van der Waals surface area contributed by atoms with Crippen LogP contribution in [0.15, 0.2) is 41.3 Å². The Bertz CT molecular complexity index is 1110. The maximum atomic E-state index is 13.5. The summed E-state index contributed by atoms with van der Waals surface area (Å²) in [6.07, 6.45) is 3.40. The molecule has 0 amide bonds. The number of pyridine rings is 1. The average Bonchev–Trinajstić information content (AvgIpc) is 2.69. The maximum absolute atomic E-state index is 13.5. The predicted molar refractivity (Wildman–Crippen MR) is 106 cm³/mol. The molecule has 4 rings (SSSR count). The molecule has 0 bridgehead atoms. The topological polar surface area (TPSA) is 85.2 Å². The van der Waals surface area contributed by atoms with Crippen molar-refractivity contribution in [3.05, 3.63) is 74.7 Å². The van der Waals surface area contributed by atoms with Crippen molar-refractivity contribution >= 4 is 16.6 Å². The van der Waals surface area contributed by atoms with E-state index in [0.717, 1.165) is 29.5 Å². The van der Waals surface area contributed by atoms with Crippen molar-refractivity contribution in [2.75, 3.05) is 6.61 Å². The molecule has 1 atom stereocenters. The second kappa shape index (κ2) is 6.67. The van der Waals surface area contributed by atoms with E-state index in [1.54, 1.807) is 30.5 Å². The molecule has 0 saturated carbocycles. The molecule has 2 heterocycles. The van der Waals surface area contributed by atoms with Gasteiger partial charge in [0.25, 0.3) is 5.56 Å². The molecule has 0 spiro atoms. The highest BCUT2D eigenvalue weighted by Gasteiger charge is 2.25. The Labute approximate surface area is 157 Å². The van der Waals surface area contributed by atoms with E-state index in [2.05, 4.69) is 4.98 Å². The van der Waals surface area contributed by atoms with Crippen LogP contribution in [0.25, 0.3) is 10.8 Å². The normalized spacial score (nSPS) is 14.5. The van der Waals surface area contributed by atoms with E-state index in [9.17, 15) is 9.59 Å². The molecule has 0 saturated heterocycles. The molecule has 27 heavy (non-hydrogen) atoms. The van der Waals surface area contributed by atoms with Gasteiger partial charge in [-0.3, -0.25) is 9.59 Å². The molecular formula is C22H22N2O3. The molecule has 5 nitrogen and oxygen atoms in total. The second-order valence-electron chi connectivity index (χ2n) is 7.11. The number of carbonyl (C=O) groups is 1. The number of nitrogens with two attached hydrogens (primary N) is 1. The summed E-state index contributed by atoms with van der Waals surface area (Å²) in [4.78, 5) is 28.4.